The summed E-state index contributed by atoms with van der Waals surface area (Å²) < 4.78 is 14.8. The summed E-state index contributed by atoms with van der Waals surface area (Å²) in [5.74, 6) is -0.218. The van der Waals surface area contributed by atoms with Crippen molar-refractivity contribution in [1.29, 1.82) is 0 Å². The van der Waals surface area contributed by atoms with Crippen LogP contribution in [0.25, 0.3) is 11.2 Å². The zero-order valence-electron chi connectivity index (χ0n) is 17.5. The standard InChI is InChI=1S/C23H20ClFN6O2/c24-18-6-2-1-4-15(18)13-31-21-19(28-29-31)22(32)27-20(26-21)16-5-3-11-30(12-16)23(33)14-7-9-17(25)10-8-14/h1-2,4,6-10,16H,3,5,11-13H2,(H,26,27,32)/t16-/m0/s1. The number of aromatic amines is 1. The van der Waals surface area contributed by atoms with E-state index in [-0.39, 0.29) is 28.7 Å². The SMILES string of the molecule is O=C(c1ccc(F)cc1)N1CCC[C@H](c2nc3c(nnn3Cc3ccccc3Cl)c(=O)[nH]2)C1. The predicted molar refractivity (Wildman–Crippen MR) is 121 cm³/mol. The summed E-state index contributed by atoms with van der Waals surface area (Å²) in [4.78, 5) is 34.8. The number of piperidine rings is 1. The molecule has 168 valence electrons. The zero-order chi connectivity index (χ0) is 22.9. The molecule has 8 nitrogen and oxygen atoms in total. The highest BCUT2D eigenvalue weighted by Gasteiger charge is 2.28. The van der Waals surface area contributed by atoms with E-state index in [1.807, 2.05) is 18.2 Å². The number of rotatable bonds is 4. The molecule has 1 N–H and O–H groups in total. The minimum atomic E-state index is -0.389. The summed E-state index contributed by atoms with van der Waals surface area (Å²) in [6.07, 6.45) is 1.53. The van der Waals surface area contributed by atoms with Gasteiger partial charge < -0.3 is 9.88 Å². The average molecular weight is 467 g/mol. The molecule has 2 aromatic heterocycles. The molecule has 1 amide bonds. The molecule has 0 saturated carbocycles. The first kappa shape index (κ1) is 21.3. The predicted octanol–water partition coefficient (Wildman–Crippen LogP) is 3.38. The monoisotopic (exact) mass is 466 g/mol. The lowest BCUT2D eigenvalue weighted by molar-refractivity contribution is 0.0704. The molecule has 5 rings (SSSR count). The van der Waals surface area contributed by atoms with Crippen LogP contribution in [0.2, 0.25) is 5.02 Å². The van der Waals surface area contributed by atoms with Crippen molar-refractivity contribution in [2.45, 2.75) is 25.3 Å². The third-order valence-electron chi connectivity index (χ3n) is 5.86. The van der Waals surface area contributed by atoms with Gasteiger partial charge in [-0.1, -0.05) is 35.0 Å². The third-order valence-corrected chi connectivity index (χ3v) is 6.23. The number of amides is 1. The van der Waals surface area contributed by atoms with Crippen LogP contribution in [0.5, 0.6) is 0 Å². The topological polar surface area (TPSA) is 96.8 Å². The Morgan fingerprint density at radius 3 is 2.76 bits per heavy atom. The molecule has 3 heterocycles. The van der Waals surface area contributed by atoms with E-state index in [9.17, 15) is 14.0 Å². The van der Waals surface area contributed by atoms with Gasteiger partial charge in [0.15, 0.2) is 11.2 Å². The molecule has 0 bridgehead atoms. The number of fused-ring (bicyclic) bond motifs is 1. The van der Waals surface area contributed by atoms with E-state index >= 15 is 0 Å². The lowest BCUT2D eigenvalue weighted by Gasteiger charge is -2.32. The van der Waals surface area contributed by atoms with Crippen LogP contribution in [0.15, 0.2) is 53.3 Å². The number of likely N-dealkylation sites (tertiary alicyclic amines) is 1. The fourth-order valence-corrected chi connectivity index (χ4v) is 4.33. The van der Waals surface area contributed by atoms with E-state index in [2.05, 4.69) is 20.3 Å². The molecule has 1 atom stereocenters. The summed E-state index contributed by atoms with van der Waals surface area (Å²) in [6.45, 7) is 1.31. The van der Waals surface area contributed by atoms with Crippen molar-refractivity contribution in [3.8, 4) is 0 Å². The number of carbonyl (C=O) groups is 1. The maximum Gasteiger partial charge on any atom is 0.281 e. The van der Waals surface area contributed by atoms with Crippen LogP contribution in [-0.2, 0) is 6.54 Å². The molecule has 0 radical (unpaired) electrons. The van der Waals surface area contributed by atoms with E-state index < -0.39 is 0 Å². The smallest absolute Gasteiger partial charge is 0.281 e. The lowest BCUT2D eigenvalue weighted by Crippen LogP contribution is -2.40. The van der Waals surface area contributed by atoms with E-state index in [0.717, 1.165) is 18.4 Å². The number of halogens is 2. The molecule has 0 aliphatic carbocycles. The van der Waals surface area contributed by atoms with Gasteiger partial charge in [-0.25, -0.2) is 14.1 Å². The number of hydrogen-bond donors (Lipinski definition) is 1. The average Bonchev–Trinajstić information content (AvgIpc) is 3.24. The van der Waals surface area contributed by atoms with Crippen LogP contribution < -0.4 is 5.56 Å². The van der Waals surface area contributed by atoms with Gasteiger partial charge >= 0.3 is 0 Å². The van der Waals surface area contributed by atoms with Gasteiger partial charge in [0.1, 0.15) is 11.6 Å². The maximum atomic E-state index is 13.2. The van der Waals surface area contributed by atoms with Gasteiger partial charge in [0, 0.05) is 29.6 Å². The second-order valence-electron chi connectivity index (χ2n) is 8.06. The van der Waals surface area contributed by atoms with Crippen LogP contribution in [-0.4, -0.2) is 48.9 Å². The molecule has 10 heteroatoms. The molecular weight excluding hydrogens is 447 g/mol. The number of hydrogen-bond acceptors (Lipinski definition) is 5. The Bertz CT molecular complexity index is 1380. The Kier molecular flexibility index (Phi) is 5.63. The Labute approximate surface area is 193 Å². The summed E-state index contributed by atoms with van der Waals surface area (Å²) >= 11 is 6.27. The van der Waals surface area contributed by atoms with Crippen molar-refractivity contribution in [3.63, 3.8) is 0 Å². The van der Waals surface area contributed by atoms with Crippen LogP contribution in [0, 0.1) is 5.82 Å². The highest BCUT2D eigenvalue weighted by Crippen LogP contribution is 2.26. The Morgan fingerprint density at radius 1 is 1.18 bits per heavy atom. The van der Waals surface area contributed by atoms with Gasteiger partial charge in [-0.05, 0) is 48.7 Å². The number of aromatic nitrogens is 5. The number of H-pyrrole nitrogens is 1. The molecule has 1 aliphatic heterocycles. The first-order valence-corrected chi connectivity index (χ1v) is 11.0. The molecule has 33 heavy (non-hydrogen) atoms. The molecule has 1 fully saturated rings. The van der Waals surface area contributed by atoms with E-state index in [4.69, 9.17) is 11.6 Å². The Hall–Kier alpha value is -3.59. The minimum Gasteiger partial charge on any atom is -0.338 e. The van der Waals surface area contributed by atoms with Crippen LogP contribution >= 0.6 is 11.6 Å². The molecule has 1 aliphatic rings. The first-order valence-electron chi connectivity index (χ1n) is 10.6. The largest absolute Gasteiger partial charge is 0.338 e. The molecular formula is C23H20ClFN6O2. The fourth-order valence-electron chi connectivity index (χ4n) is 4.13. The summed E-state index contributed by atoms with van der Waals surface area (Å²) in [5.41, 5.74) is 1.42. The second kappa shape index (κ2) is 8.74. The molecule has 4 aromatic rings. The van der Waals surface area contributed by atoms with E-state index in [1.165, 1.54) is 24.3 Å². The van der Waals surface area contributed by atoms with Crippen molar-refractivity contribution >= 4 is 28.7 Å². The number of benzene rings is 2. The van der Waals surface area contributed by atoms with Crippen molar-refractivity contribution < 1.29 is 9.18 Å². The van der Waals surface area contributed by atoms with Crippen LogP contribution in [0.1, 0.15) is 40.5 Å². The van der Waals surface area contributed by atoms with Gasteiger partial charge in [-0.3, -0.25) is 9.59 Å². The molecule has 0 spiro atoms. The van der Waals surface area contributed by atoms with Crippen molar-refractivity contribution in [2.24, 2.45) is 0 Å². The highest BCUT2D eigenvalue weighted by atomic mass is 35.5. The molecule has 0 unspecified atom stereocenters. The Balaban J connectivity index is 1.43. The zero-order valence-corrected chi connectivity index (χ0v) is 18.3. The second-order valence-corrected chi connectivity index (χ2v) is 8.47. The fraction of sp³-hybridized carbons (Fsp3) is 0.261. The molecule has 2 aromatic carbocycles. The Morgan fingerprint density at radius 2 is 1.97 bits per heavy atom. The maximum absolute atomic E-state index is 13.2. The van der Waals surface area contributed by atoms with Crippen molar-refractivity contribution in [3.05, 3.63) is 86.7 Å². The highest BCUT2D eigenvalue weighted by molar-refractivity contribution is 6.31. The van der Waals surface area contributed by atoms with E-state index in [0.29, 0.717) is 41.7 Å². The normalized spacial score (nSPS) is 16.3. The molecule has 1 saturated heterocycles. The van der Waals surface area contributed by atoms with Gasteiger partial charge in [0.2, 0.25) is 0 Å². The van der Waals surface area contributed by atoms with Crippen LogP contribution in [0.4, 0.5) is 4.39 Å². The minimum absolute atomic E-state index is 0.149. The summed E-state index contributed by atoms with van der Waals surface area (Å²) in [5, 5.41) is 8.68. The number of nitrogens with zero attached hydrogens (tertiary/aromatic N) is 5. The quantitative estimate of drug-likeness (QED) is 0.497. The summed E-state index contributed by atoms with van der Waals surface area (Å²) in [7, 11) is 0. The third kappa shape index (κ3) is 4.23. The number of nitrogens with one attached hydrogen (secondary N) is 1. The van der Waals surface area contributed by atoms with Crippen LogP contribution in [0.3, 0.4) is 0 Å². The summed E-state index contributed by atoms with van der Waals surface area (Å²) in [6, 6.07) is 12.9. The van der Waals surface area contributed by atoms with Gasteiger partial charge in [-0.2, -0.15) is 0 Å². The van der Waals surface area contributed by atoms with E-state index in [1.54, 1.807) is 15.6 Å². The van der Waals surface area contributed by atoms with Crippen molar-refractivity contribution in [1.82, 2.24) is 29.9 Å². The first-order chi connectivity index (χ1) is 16.0. The number of carbonyl (C=O) groups excluding carboxylic acids is 1. The lowest BCUT2D eigenvalue weighted by atomic mass is 9.96. The van der Waals surface area contributed by atoms with Gasteiger partial charge in [-0.15, -0.1) is 5.10 Å². The van der Waals surface area contributed by atoms with Gasteiger partial charge in [0.05, 0.1) is 6.54 Å². The van der Waals surface area contributed by atoms with Crippen molar-refractivity contribution in [2.75, 3.05) is 13.1 Å². The van der Waals surface area contributed by atoms with Gasteiger partial charge in [0.25, 0.3) is 11.5 Å².